The fourth-order valence-corrected chi connectivity index (χ4v) is 1.48. The molecule has 12 heavy (non-hydrogen) atoms. The number of hydrogen-bond donors (Lipinski definition) is 1. The number of ether oxygens (including phenoxy) is 1. The van der Waals surface area contributed by atoms with E-state index in [-0.39, 0.29) is 0 Å². The SMILES string of the molecule is CC(N)CCN1CCOC(C)C1. The Morgan fingerprint density at radius 3 is 3.00 bits per heavy atom. The highest BCUT2D eigenvalue weighted by Crippen LogP contribution is 2.04. The van der Waals surface area contributed by atoms with Crippen LogP contribution in [0.5, 0.6) is 0 Å². The Hall–Kier alpha value is -0.120. The first-order valence-corrected chi connectivity index (χ1v) is 4.78. The van der Waals surface area contributed by atoms with Crippen LogP contribution < -0.4 is 5.73 Å². The molecule has 1 aliphatic heterocycles. The maximum atomic E-state index is 5.69. The van der Waals surface area contributed by atoms with Crippen LogP contribution in [-0.2, 0) is 4.74 Å². The van der Waals surface area contributed by atoms with Crippen LogP contribution in [0.15, 0.2) is 0 Å². The zero-order valence-electron chi connectivity index (χ0n) is 8.12. The summed E-state index contributed by atoms with van der Waals surface area (Å²) < 4.78 is 5.44. The van der Waals surface area contributed by atoms with E-state index in [9.17, 15) is 0 Å². The molecule has 0 bridgehead atoms. The van der Waals surface area contributed by atoms with Crippen LogP contribution in [0.2, 0.25) is 0 Å². The average Bonchev–Trinajstić information content (AvgIpc) is 2.01. The van der Waals surface area contributed by atoms with Crippen molar-refractivity contribution in [3.8, 4) is 0 Å². The summed E-state index contributed by atoms with van der Waals surface area (Å²) >= 11 is 0. The second-order valence-electron chi connectivity index (χ2n) is 3.75. The van der Waals surface area contributed by atoms with Gasteiger partial charge in [-0.3, -0.25) is 4.90 Å². The van der Waals surface area contributed by atoms with Crippen LogP contribution in [0.3, 0.4) is 0 Å². The average molecular weight is 172 g/mol. The minimum atomic E-state index is 0.322. The maximum absolute atomic E-state index is 5.69. The van der Waals surface area contributed by atoms with Gasteiger partial charge in [-0.1, -0.05) is 0 Å². The summed E-state index contributed by atoms with van der Waals surface area (Å²) in [4.78, 5) is 2.43. The fraction of sp³-hybridized carbons (Fsp3) is 1.00. The fourth-order valence-electron chi connectivity index (χ4n) is 1.48. The predicted octanol–water partition coefficient (Wildman–Crippen LogP) is 0.444. The molecule has 2 N–H and O–H groups in total. The van der Waals surface area contributed by atoms with Crippen molar-refractivity contribution in [2.75, 3.05) is 26.2 Å². The number of rotatable bonds is 3. The summed E-state index contributed by atoms with van der Waals surface area (Å²) in [6.45, 7) is 8.30. The highest BCUT2D eigenvalue weighted by Gasteiger charge is 2.15. The zero-order valence-corrected chi connectivity index (χ0v) is 8.12. The van der Waals surface area contributed by atoms with Crippen molar-refractivity contribution in [2.24, 2.45) is 5.73 Å². The van der Waals surface area contributed by atoms with Crippen molar-refractivity contribution < 1.29 is 4.74 Å². The Morgan fingerprint density at radius 1 is 1.67 bits per heavy atom. The molecule has 2 atom stereocenters. The lowest BCUT2D eigenvalue weighted by molar-refractivity contribution is -0.0188. The molecule has 0 radical (unpaired) electrons. The summed E-state index contributed by atoms with van der Waals surface area (Å²) in [7, 11) is 0. The van der Waals surface area contributed by atoms with Crippen molar-refractivity contribution in [1.29, 1.82) is 0 Å². The quantitative estimate of drug-likeness (QED) is 0.671. The van der Waals surface area contributed by atoms with Crippen LogP contribution in [0.25, 0.3) is 0 Å². The van der Waals surface area contributed by atoms with Gasteiger partial charge in [0.2, 0.25) is 0 Å². The van der Waals surface area contributed by atoms with E-state index < -0.39 is 0 Å². The Labute approximate surface area is 74.9 Å². The first-order valence-electron chi connectivity index (χ1n) is 4.78. The normalized spacial score (nSPS) is 28.8. The lowest BCUT2D eigenvalue weighted by Crippen LogP contribution is -2.42. The van der Waals surface area contributed by atoms with Gasteiger partial charge in [0.15, 0.2) is 0 Å². The minimum absolute atomic E-state index is 0.322. The van der Waals surface area contributed by atoms with Crippen molar-refractivity contribution in [1.82, 2.24) is 4.90 Å². The van der Waals surface area contributed by atoms with Gasteiger partial charge in [0.05, 0.1) is 12.7 Å². The van der Waals surface area contributed by atoms with E-state index in [1.807, 2.05) is 0 Å². The van der Waals surface area contributed by atoms with Crippen molar-refractivity contribution in [3.05, 3.63) is 0 Å². The molecule has 0 aromatic heterocycles. The molecule has 1 fully saturated rings. The van der Waals surface area contributed by atoms with Gasteiger partial charge in [0.25, 0.3) is 0 Å². The lowest BCUT2D eigenvalue weighted by Gasteiger charge is -2.31. The smallest absolute Gasteiger partial charge is 0.0674 e. The largest absolute Gasteiger partial charge is 0.376 e. The van der Waals surface area contributed by atoms with Crippen LogP contribution >= 0.6 is 0 Å². The van der Waals surface area contributed by atoms with Gasteiger partial charge in [-0.15, -0.1) is 0 Å². The van der Waals surface area contributed by atoms with Crippen LogP contribution in [0, 0.1) is 0 Å². The first-order chi connectivity index (χ1) is 5.68. The first kappa shape index (κ1) is 9.96. The molecule has 3 heteroatoms. The molecule has 1 aliphatic rings. The molecule has 1 rings (SSSR count). The van der Waals surface area contributed by atoms with Gasteiger partial charge in [-0.05, 0) is 26.8 Å². The lowest BCUT2D eigenvalue weighted by atomic mass is 10.2. The summed E-state index contributed by atoms with van der Waals surface area (Å²) in [5.74, 6) is 0. The van der Waals surface area contributed by atoms with Gasteiger partial charge >= 0.3 is 0 Å². The topological polar surface area (TPSA) is 38.5 Å². The molecule has 0 amide bonds. The van der Waals surface area contributed by atoms with E-state index in [0.29, 0.717) is 12.1 Å². The third-order valence-corrected chi connectivity index (χ3v) is 2.23. The van der Waals surface area contributed by atoms with Gasteiger partial charge in [-0.25, -0.2) is 0 Å². The molecule has 2 unspecified atom stereocenters. The van der Waals surface area contributed by atoms with E-state index in [1.165, 1.54) is 0 Å². The van der Waals surface area contributed by atoms with E-state index in [4.69, 9.17) is 10.5 Å². The summed E-state index contributed by atoms with van der Waals surface area (Å²) in [6.07, 6.45) is 1.49. The molecule has 0 spiro atoms. The molecule has 1 saturated heterocycles. The number of hydrogen-bond acceptors (Lipinski definition) is 3. The van der Waals surface area contributed by atoms with Crippen LogP contribution in [-0.4, -0.2) is 43.3 Å². The molecule has 1 heterocycles. The van der Waals surface area contributed by atoms with Gasteiger partial charge in [-0.2, -0.15) is 0 Å². The van der Waals surface area contributed by atoms with Crippen molar-refractivity contribution in [2.45, 2.75) is 32.4 Å². The van der Waals surface area contributed by atoms with E-state index >= 15 is 0 Å². The van der Waals surface area contributed by atoms with Crippen LogP contribution in [0.4, 0.5) is 0 Å². The molecule has 0 aromatic carbocycles. The third-order valence-electron chi connectivity index (χ3n) is 2.23. The Balaban J connectivity index is 2.14. The van der Waals surface area contributed by atoms with Gasteiger partial charge in [0.1, 0.15) is 0 Å². The monoisotopic (exact) mass is 172 g/mol. The molecule has 0 aliphatic carbocycles. The van der Waals surface area contributed by atoms with E-state index in [2.05, 4.69) is 18.7 Å². The summed E-state index contributed by atoms with van der Waals surface area (Å²) in [5.41, 5.74) is 5.69. The molecule has 0 saturated carbocycles. The highest BCUT2D eigenvalue weighted by molar-refractivity contribution is 4.69. The predicted molar refractivity (Wildman–Crippen MR) is 50.1 cm³/mol. The highest BCUT2D eigenvalue weighted by atomic mass is 16.5. The van der Waals surface area contributed by atoms with E-state index in [0.717, 1.165) is 32.7 Å². The number of morpholine rings is 1. The Bertz CT molecular complexity index is 128. The van der Waals surface area contributed by atoms with Crippen molar-refractivity contribution in [3.63, 3.8) is 0 Å². The summed E-state index contributed by atoms with van der Waals surface area (Å²) in [5, 5.41) is 0. The third kappa shape index (κ3) is 3.52. The second kappa shape index (κ2) is 4.80. The molecule has 72 valence electrons. The summed E-state index contributed by atoms with van der Waals surface area (Å²) in [6, 6.07) is 0.322. The van der Waals surface area contributed by atoms with Crippen LogP contribution in [0.1, 0.15) is 20.3 Å². The van der Waals surface area contributed by atoms with E-state index in [1.54, 1.807) is 0 Å². The Kier molecular flexibility index (Phi) is 3.98. The number of nitrogens with two attached hydrogens (primary N) is 1. The zero-order chi connectivity index (χ0) is 8.97. The van der Waals surface area contributed by atoms with Gasteiger partial charge in [0, 0.05) is 19.1 Å². The molecule has 3 nitrogen and oxygen atoms in total. The molecular formula is C9H20N2O. The molecular weight excluding hydrogens is 152 g/mol. The minimum Gasteiger partial charge on any atom is -0.376 e. The number of nitrogens with zero attached hydrogens (tertiary/aromatic N) is 1. The standard InChI is InChI=1S/C9H20N2O/c1-8(10)3-4-11-5-6-12-9(2)7-11/h8-9H,3-7,10H2,1-2H3. The van der Waals surface area contributed by atoms with Gasteiger partial charge < -0.3 is 10.5 Å². The second-order valence-corrected chi connectivity index (χ2v) is 3.75. The van der Waals surface area contributed by atoms with Crippen molar-refractivity contribution >= 4 is 0 Å². The molecule has 0 aromatic rings. The Morgan fingerprint density at radius 2 is 2.42 bits per heavy atom. The maximum Gasteiger partial charge on any atom is 0.0674 e.